The first kappa shape index (κ1) is 13.5. The summed E-state index contributed by atoms with van der Waals surface area (Å²) in [6.07, 6.45) is 3.48. The van der Waals surface area contributed by atoms with Crippen molar-refractivity contribution in [2.45, 2.75) is 39.2 Å². The van der Waals surface area contributed by atoms with Crippen LogP contribution in [0.3, 0.4) is 0 Å². The molecule has 0 saturated heterocycles. The molecule has 0 aromatic heterocycles. The van der Waals surface area contributed by atoms with Crippen LogP contribution in [0.4, 0.5) is 15.8 Å². The summed E-state index contributed by atoms with van der Waals surface area (Å²) in [5.74, 6) is 0.972. The van der Waals surface area contributed by atoms with E-state index < -0.39 is 5.82 Å². The molecule has 2 rings (SSSR count). The molecule has 1 aliphatic rings. The molecule has 0 aliphatic heterocycles. The van der Waals surface area contributed by atoms with Crippen molar-refractivity contribution in [1.29, 1.82) is 0 Å². The van der Waals surface area contributed by atoms with Gasteiger partial charge in [-0.25, -0.2) is 4.39 Å². The Balaban J connectivity index is 2.11. The molecule has 3 N–H and O–H groups in total. The van der Waals surface area contributed by atoms with Gasteiger partial charge in [0.2, 0.25) is 0 Å². The van der Waals surface area contributed by atoms with E-state index in [0.717, 1.165) is 12.8 Å². The van der Waals surface area contributed by atoms with Crippen molar-refractivity contribution in [3.63, 3.8) is 0 Å². The number of nitrogens with one attached hydrogen (secondary N) is 1. The quantitative estimate of drug-likeness (QED) is 0.787. The zero-order valence-corrected chi connectivity index (χ0v) is 11.6. The summed E-state index contributed by atoms with van der Waals surface area (Å²) in [4.78, 5) is 0. The minimum absolute atomic E-state index is 0.0726. The summed E-state index contributed by atoms with van der Waals surface area (Å²) in [6, 6.07) is 3.22. The predicted molar refractivity (Wildman–Crippen MR) is 75.4 cm³/mol. The molecule has 1 fully saturated rings. The first-order valence-electron chi connectivity index (χ1n) is 6.46. The van der Waals surface area contributed by atoms with Gasteiger partial charge in [0.15, 0.2) is 0 Å². The summed E-state index contributed by atoms with van der Waals surface area (Å²) < 4.78 is 13.4. The van der Waals surface area contributed by atoms with Crippen LogP contribution in [-0.2, 0) is 0 Å². The fourth-order valence-corrected chi connectivity index (χ4v) is 3.14. The van der Waals surface area contributed by atoms with Gasteiger partial charge in [0.25, 0.3) is 0 Å². The normalized spacial score (nSPS) is 28.1. The van der Waals surface area contributed by atoms with Gasteiger partial charge in [-0.05, 0) is 37.2 Å². The van der Waals surface area contributed by atoms with E-state index in [9.17, 15) is 4.39 Å². The molecule has 0 amide bonds. The Bertz CT molecular complexity index is 426. The van der Waals surface area contributed by atoms with Crippen LogP contribution in [0.15, 0.2) is 12.1 Å². The Hall–Kier alpha value is -0.960. The van der Waals surface area contributed by atoms with Crippen LogP contribution in [0.1, 0.15) is 33.1 Å². The molecule has 2 atom stereocenters. The molecule has 0 heterocycles. The standard InChI is InChI=1S/C14H20ClFN2/c1-8-3-9(2)5-10(4-8)18-14-7-12(16)11(15)6-13(14)17/h6-10,18H,3-5,17H2,1-2H3. The molecule has 1 aromatic rings. The van der Waals surface area contributed by atoms with Crippen molar-refractivity contribution >= 4 is 23.0 Å². The van der Waals surface area contributed by atoms with E-state index in [2.05, 4.69) is 19.2 Å². The highest BCUT2D eigenvalue weighted by molar-refractivity contribution is 6.31. The second-order valence-corrected chi connectivity index (χ2v) is 6.02. The third kappa shape index (κ3) is 3.08. The number of hydrogen-bond acceptors (Lipinski definition) is 2. The van der Waals surface area contributed by atoms with Gasteiger partial charge in [-0.2, -0.15) is 0 Å². The van der Waals surface area contributed by atoms with Crippen LogP contribution in [0.5, 0.6) is 0 Å². The zero-order valence-electron chi connectivity index (χ0n) is 10.8. The number of halogens is 2. The number of rotatable bonds is 2. The number of nitrogen functional groups attached to an aromatic ring is 1. The third-order valence-electron chi connectivity index (χ3n) is 3.63. The molecule has 1 saturated carbocycles. The largest absolute Gasteiger partial charge is 0.397 e. The lowest BCUT2D eigenvalue weighted by Gasteiger charge is -2.33. The maximum Gasteiger partial charge on any atom is 0.143 e. The lowest BCUT2D eigenvalue weighted by Crippen LogP contribution is -2.30. The Labute approximate surface area is 113 Å². The fraction of sp³-hybridized carbons (Fsp3) is 0.571. The molecule has 1 aliphatic carbocycles. The number of benzene rings is 1. The molecule has 2 nitrogen and oxygen atoms in total. The monoisotopic (exact) mass is 270 g/mol. The number of nitrogens with two attached hydrogens (primary N) is 1. The van der Waals surface area contributed by atoms with Crippen LogP contribution >= 0.6 is 11.6 Å². The van der Waals surface area contributed by atoms with Crippen molar-refractivity contribution < 1.29 is 4.39 Å². The van der Waals surface area contributed by atoms with Crippen LogP contribution in [-0.4, -0.2) is 6.04 Å². The third-order valence-corrected chi connectivity index (χ3v) is 3.92. The van der Waals surface area contributed by atoms with Gasteiger partial charge in [-0.15, -0.1) is 0 Å². The summed E-state index contributed by atoms with van der Waals surface area (Å²) in [5.41, 5.74) is 7.03. The molecule has 100 valence electrons. The van der Waals surface area contributed by atoms with Crippen LogP contribution in [0.25, 0.3) is 0 Å². The summed E-state index contributed by atoms with van der Waals surface area (Å²) in [7, 11) is 0. The average molecular weight is 271 g/mol. The maximum absolute atomic E-state index is 13.4. The topological polar surface area (TPSA) is 38.0 Å². The first-order chi connectivity index (χ1) is 8.45. The molecule has 0 radical (unpaired) electrons. The highest BCUT2D eigenvalue weighted by Gasteiger charge is 2.24. The van der Waals surface area contributed by atoms with E-state index in [-0.39, 0.29) is 5.02 Å². The maximum atomic E-state index is 13.4. The van der Waals surface area contributed by atoms with Gasteiger partial charge in [0.1, 0.15) is 5.82 Å². The Morgan fingerprint density at radius 3 is 2.44 bits per heavy atom. The summed E-state index contributed by atoms with van der Waals surface area (Å²) in [6.45, 7) is 4.52. The van der Waals surface area contributed by atoms with Crippen LogP contribution in [0.2, 0.25) is 5.02 Å². The minimum Gasteiger partial charge on any atom is -0.397 e. The molecule has 0 bridgehead atoms. The molecule has 0 spiro atoms. The first-order valence-corrected chi connectivity index (χ1v) is 6.84. The van der Waals surface area contributed by atoms with Crippen molar-refractivity contribution in [1.82, 2.24) is 0 Å². The second kappa shape index (κ2) is 5.35. The molecule has 18 heavy (non-hydrogen) atoms. The molecular weight excluding hydrogens is 251 g/mol. The molecule has 1 aromatic carbocycles. The van der Waals surface area contributed by atoms with Gasteiger partial charge < -0.3 is 11.1 Å². The van der Waals surface area contributed by atoms with E-state index in [1.165, 1.54) is 18.6 Å². The fourth-order valence-electron chi connectivity index (χ4n) is 2.97. The number of anilines is 2. The zero-order chi connectivity index (χ0) is 13.3. The van der Waals surface area contributed by atoms with Crippen LogP contribution in [0, 0.1) is 17.7 Å². The van der Waals surface area contributed by atoms with Gasteiger partial charge in [0, 0.05) is 12.1 Å². The van der Waals surface area contributed by atoms with Gasteiger partial charge in [0.05, 0.1) is 16.4 Å². The van der Waals surface area contributed by atoms with Gasteiger partial charge in [-0.1, -0.05) is 25.4 Å². The SMILES string of the molecule is CC1CC(C)CC(Nc2cc(F)c(Cl)cc2N)C1. The summed E-state index contributed by atoms with van der Waals surface area (Å²) in [5, 5.41) is 3.43. The van der Waals surface area contributed by atoms with Crippen molar-refractivity contribution in [3.8, 4) is 0 Å². The molecule has 2 unspecified atom stereocenters. The minimum atomic E-state index is -0.426. The van der Waals surface area contributed by atoms with E-state index in [4.69, 9.17) is 17.3 Å². The van der Waals surface area contributed by atoms with Crippen molar-refractivity contribution in [2.24, 2.45) is 11.8 Å². The molecular formula is C14H20ClFN2. The summed E-state index contributed by atoms with van der Waals surface area (Å²) >= 11 is 5.69. The van der Waals surface area contributed by atoms with E-state index >= 15 is 0 Å². The van der Waals surface area contributed by atoms with E-state index in [1.54, 1.807) is 0 Å². The average Bonchev–Trinajstić information content (AvgIpc) is 2.24. The van der Waals surface area contributed by atoms with Crippen molar-refractivity contribution in [3.05, 3.63) is 23.0 Å². The lowest BCUT2D eigenvalue weighted by atomic mass is 9.80. The highest BCUT2D eigenvalue weighted by Crippen LogP contribution is 2.33. The Kier molecular flexibility index (Phi) is 4.00. The smallest absolute Gasteiger partial charge is 0.143 e. The van der Waals surface area contributed by atoms with Gasteiger partial charge in [-0.3, -0.25) is 0 Å². The van der Waals surface area contributed by atoms with Crippen molar-refractivity contribution in [2.75, 3.05) is 11.1 Å². The number of hydrogen-bond donors (Lipinski definition) is 2. The van der Waals surface area contributed by atoms with E-state index in [1.807, 2.05) is 0 Å². The molecule has 4 heteroatoms. The Morgan fingerprint density at radius 1 is 1.22 bits per heavy atom. The highest BCUT2D eigenvalue weighted by atomic mass is 35.5. The van der Waals surface area contributed by atoms with E-state index in [0.29, 0.717) is 29.3 Å². The Morgan fingerprint density at radius 2 is 1.83 bits per heavy atom. The lowest BCUT2D eigenvalue weighted by molar-refractivity contribution is 0.281. The van der Waals surface area contributed by atoms with Crippen LogP contribution < -0.4 is 11.1 Å². The predicted octanol–water partition coefficient (Wildman–Crippen LogP) is 4.30. The second-order valence-electron chi connectivity index (χ2n) is 5.61. The van der Waals surface area contributed by atoms with Gasteiger partial charge >= 0.3 is 0 Å².